The maximum absolute atomic E-state index is 12.9. The van der Waals surface area contributed by atoms with Gasteiger partial charge in [0.1, 0.15) is 6.04 Å². The van der Waals surface area contributed by atoms with Crippen LogP contribution in [-0.2, 0) is 19.2 Å². The molecular weight excluding hydrogens is 324 g/mol. The third-order valence-corrected chi connectivity index (χ3v) is 4.88. The van der Waals surface area contributed by atoms with Crippen molar-refractivity contribution in [1.29, 1.82) is 0 Å². The number of Topliss-reactive ketones (excluding diaryl/α,β-unsaturated/α-hetero) is 1. The number of nitrogens with one attached hydrogen (secondary N) is 2. The van der Waals surface area contributed by atoms with Crippen LogP contribution in [-0.4, -0.2) is 59.6 Å². The van der Waals surface area contributed by atoms with Gasteiger partial charge in [-0.1, -0.05) is 20.3 Å². The first-order valence-corrected chi connectivity index (χ1v) is 9.00. The summed E-state index contributed by atoms with van der Waals surface area (Å²) in [4.78, 5) is 50.8. The van der Waals surface area contributed by atoms with Crippen molar-refractivity contribution >= 4 is 23.5 Å². The molecule has 0 aromatic carbocycles. The van der Waals surface area contributed by atoms with E-state index in [0.29, 0.717) is 25.8 Å². The van der Waals surface area contributed by atoms with E-state index in [2.05, 4.69) is 10.6 Å². The van der Waals surface area contributed by atoms with Gasteiger partial charge in [0, 0.05) is 12.5 Å². The smallest absolute Gasteiger partial charge is 0.253 e. The van der Waals surface area contributed by atoms with Crippen LogP contribution in [0.1, 0.15) is 46.0 Å². The Morgan fingerprint density at radius 2 is 1.84 bits per heavy atom. The molecule has 2 aliphatic heterocycles. The Bertz CT molecular complexity index is 543. The minimum Gasteiger partial charge on any atom is -0.368 e. The minimum atomic E-state index is -1.27. The summed E-state index contributed by atoms with van der Waals surface area (Å²) in [7, 11) is 0. The molecular formula is C17H28N4O4. The molecule has 0 aromatic heterocycles. The number of carbonyl (C=O) groups excluding carboxylic acids is 4. The van der Waals surface area contributed by atoms with E-state index in [1.807, 2.05) is 0 Å². The van der Waals surface area contributed by atoms with E-state index in [1.165, 1.54) is 4.90 Å². The van der Waals surface area contributed by atoms with Crippen LogP contribution in [0.5, 0.6) is 0 Å². The Labute approximate surface area is 147 Å². The third-order valence-electron chi connectivity index (χ3n) is 4.88. The molecule has 2 rings (SSSR count). The van der Waals surface area contributed by atoms with Crippen molar-refractivity contribution in [3.8, 4) is 0 Å². The zero-order valence-electron chi connectivity index (χ0n) is 14.9. The van der Waals surface area contributed by atoms with Gasteiger partial charge in [-0.15, -0.1) is 0 Å². The van der Waals surface area contributed by atoms with Gasteiger partial charge in [0.15, 0.2) is 11.8 Å². The maximum atomic E-state index is 12.9. The van der Waals surface area contributed by atoms with Gasteiger partial charge in [-0.3, -0.25) is 19.2 Å². The molecule has 0 aromatic rings. The fourth-order valence-corrected chi connectivity index (χ4v) is 3.40. The highest BCUT2D eigenvalue weighted by Crippen LogP contribution is 2.19. The zero-order valence-corrected chi connectivity index (χ0v) is 14.9. The number of hydrogen-bond donors (Lipinski definition) is 3. The minimum absolute atomic E-state index is 0.345. The van der Waals surface area contributed by atoms with Crippen LogP contribution < -0.4 is 16.4 Å². The van der Waals surface area contributed by atoms with Crippen LogP contribution >= 0.6 is 0 Å². The van der Waals surface area contributed by atoms with E-state index < -0.39 is 35.9 Å². The fraction of sp³-hybridized carbons (Fsp3) is 0.765. The summed E-state index contributed by atoms with van der Waals surface area (Å²) in [5.74, 6) is -2.24. The number of rotatable bonds is 6. The average Bonchev–Trinajstić information content (AvgIpc) is 3.09. The van der Waals surface area contributed by atoms with E-state index in [0.717, 1.165) is 19.4 Å². The van der Waals surface area contributed by atoms with E-state index in [1.54, 1.807) is 13.8 Å². The van der Waals surface area contributed by atoms with Crippen molar-refractivity contribution in [2.45, 2.75) is 64.1 Å². The molecule has 2 fully saturated rings. The van der Waals surface area contributed by atoms with Crippen molar-refractivity contribution in [3.05, 3.63) is 0 Å². The summed E-state index contributed by atoms with van der Waals surface area (Å²) in [6, 6.07) is -2.37. The second-order valence-electron chi connectivity index (χ2n) is 7.09. The van der Waals surface area contributed by atoms with Crippen LogP contribution in [0, 0.1) is 5.92 Å². The predicted molar refractivity (Wildman–Crippen MR) is 91.3 cm³/mol. The van der Waals surface area contributed by atoms with E-state index in [9.17, 15) is 19.2 Å². The van der Waals surface area contributed by atoms with Crippen LogP contribution in [0.3, 0.4) is 0 Å². The van der Waals surface area contributed by atoms with Crippen molar-refractivity contribution in [2.75, 3.05) is 13.1 Å². The fourth-order valence-electron chi connectivity index (χ4n) is 3.40. The summed E-state index contributed by atoms with van der Waals surface area (Å²) < 4.78 is 0. The summed E-state index contributed by atoms with van der Waals surface area (Å²) in [5.41, 5.74) is 5.37. The van der Waals surface area contributed by atoms with Gasteiger partial charge in [0.2, 0.25) is 11.8 Å². The Kier molecular flexibility index (Phi) is 6.52. The number of hydrogen-bond acceptors (Lipinski definition) is 5. The number of piperidine rings is 1. The molecule has 2 aliphatic rings. The van der Waals surface area contributed by atoms with Crippen LogP contribution in [0.15, 0.2) is 0 Å². The molecule has 3 amide bonds. The molecule has 0 bridgehead atoms. The Morgan fingerprint density at radius 3 is 2.40 bits per heavy atom. The van der Waals surface area contributed by atoms with Gasteiger partial charge in [0.05, 0.1) is 6.04 Å². The summed E-state index contributed by atoms with van der Waals surface area (Å²) in [6.07, 6.45) is 3.75. The molecule has 2 heterocycles. The number of likely N-dealkylation sites (tertiary alicyclic amines) is 1. The van der Waals surface area contributed by atoms with Gasteiger partial charge in [0.25, 0.3) is 5.91 Å². The lowest BCUT2D eigenvalue weighted by Crippen LogP contribution is -2.59. The Morgan fingerprint density at radius 1 is 1.12 bits per heavy atom. The van der Waals surface area contributed by atoms with Crippen LogP contribution in [0.4, 0.5) is 0 Å². The highest BCUT2D eigenvalue weighted by atomic mass is 16.2. The molecule has 8 nitrogen and oxygen atoms in total. The van der Waals surface area contributed by atoms with Gasteiger partial charge in [-0.25, -0.2) is 0 Å². The summed E-state index contributed by atoms with van der Waals surface area (Å²) in [5, 5.41) is 5.72. The van der Waals surface area contributed by atoms with E-state index >= 15 is 0 Å². The topological polar surface area (TPSA) is 122 Å². The van der Waals surface area contributed by atoms with Gasteiger partial charge >= 0.3 is 0 Å². The number of amides is 3. The quantitative estimate of drug-likeness (QED) is 0.547. The summed E-state index contributed by atoms with van der Waals surface area (Å²) >= 11 is 0. The molecule has 8 heteroatoms. The van der Waals surface area contributed by atoms with Gasteiger partial charge in [-0.05, 0) is 32.2 Å². The second-order valence-corrected chi connectivity index (χ2v) is 7.09. The Hall–Kier alpha value is -1.96. The molecule has 4 N–H and O–H groups in total. The first-order valence-electron chi connectivity index (χ1n) is 9.00. The van der Waals surface area contributed by atoms with E-state index in [4.69, 9.17) is 5.73 Å². The molecule has 140 valence electrons. The zero-order chi connectivity index (χ0) is 18.6. The highest BCUT2D eigenvalue weighted by molar-refractivity contribution is 6.09. The predicted octanol–water partition coefficient (Wildman–Crippen LogP) is -0.685. The third kappa shape index (κ3) is 4.56. The molecule has 0 saturated carbocycles. The van der Waals surface area contributed by atoms with Crippen LogP contribution in [0.2, 0.25) is 0 Å². The first-order chi connectivity index (χ1) is 11.8. The number of ketones is 1. The van der Waals surface area contributed by atoms with Crippen molar-refractivity contribution in [2.24, 2.45) is 11.7 Å². The standard InChI is InChI=1S/C17H28N4O4/c1-10(2)14(22)13(20-16(24)11-6-3-4-8-19-11)17(25)21-9-5-7-12(21)15(18)23/h10-13,19H,3-9H2,1-2H3,(H2,18,23)(H,20,24)/t11?,12-,13-/m0/s1. The van der Waals surface area contributed by atoms with Gasteiger partial charge < -0.3 is 21.3 Å². The molecule has 3 atom stereocenters. The molecule has 0 radical (unpaired) electrons. The monoisotopic (exact) mass is 352 g/mol. The number of primary amides is 1. The average molecular weight is 352 g/mol. The maximum Gasteiger partial charge on any atom is 0.253 e. The molecule has 0 spiro atoms. The van der Waals surface area contributed by atoms with Crippen molar-refractivity contribution in [3.63, 3.8) is 0 Å². The number of nitrogens with zero attached hydrogens (tertiary/aromatic N) is 1. The number of carbonyl (C=O) groups is 4. The highest BCUT2D eigenvalue weighted by Gasteiger charge is 2.40. The normalized spacial score (nSPS) is 24.8. The Balaban J connectivity index is 2.14. The first kappa shape index (κ1) is 19.4. The largest absolute Gasteiger partial charge is 0.368 e. The van der Waals surface area contributed by atoms with Crippen molar-refractivity contribution < 1.29 is 19.2 Å². The molecule has 0 aliphatic carbocycles. The number of nitrogens with two attached hydrogens (primary N) is 1. The SMILES string of the molecule is CC(C)C(=O)[C@H](NC(=O)C1CCCCN1)C(=O)N1CCC[C@H]1C(N)=O. The lowest BCUT2D eigenvalue weighted by Gasteiger charge is -2.30. The van der Waals surface area contributed by atoms with Crippen molar-refractivity contribution in [1.82, 2.24) is 15.5 Å². The van der Waals surface area contributed by atoms with E-state index in [-0.39, 0.29) is 11.7 Å². The van der Waals surface area contributed by atoms with Gasteiger partial charge in [-0.2, -0.15) is 0 Å². The second kappa shape index (κ2) is 8.42. The summed E-state index contributed by atoms with van der Waals surface area (Å²) in [6.45, 7) is 4.48. The lowest BCUT2D eigenvalue weighted by atomic mass is 9.98. The molecule has 25 heavy (non-hydrogen) atoms. The lowest BCUT2D eigenvalue weighted by molar-refractivity contribution is -0.145. The molecule has 1 unspecified atom stereocenters. The van der Waals surface area contributed by atoms with Crippen LogP contribution in [0.25, 0.3) is 0 Å². The molecule has 2 saturated heterocycles.